The molecular formula is C27H25FN4O3. The second-order valence-electron chi connectivity index (χ2n) is 7.98. The Labute approximate surface area is 202 Å². The Balaban J connectivity index is 1.64. The largest absolute Gasteiger partial charge is 0.449 e. The first-order valence-electron chi connectivity index (χ1n) is 11.1. The molecule has 0 radical (unpaired) electrons. The Kier molecular flexibility index (Phi) is 7.21. The Morgan fingerprint density at radius 3 is 2.20 bits per heavy atom. The third kappa shape index (κ3) is 5.92. The monoisotopic (exact) mass is 472 g/mol. The smallest absolute Gasteiger partial charge is 0.316 e. The Morgan fingerprint density at radius 2 is 1.57 bits per heavy atom. The first-order valence-corrected chi connectivity index (χ1v) is 11.1. The first kappa shape index (κ1) is 23.7. The maximum atomic E-state index is 13.4. The van der Waals surface area contributed by atoms with Gasteiger partial charge in [-0.2, -0.15) is 9.78 Å². The number of ether oxygens (including phenoxy) is 1. The van der Waals surface area contributed by atoms with Crippen LogP contribution in [0.4, 0.5) is 10.1 Å². The number of hydrogen-bond donors (Lipinski definition) is 2. The van der Waals surface area contributed by atoms with E-state index in [-0.39, 0.29) is 17.5 Å². The fourth-order valence-electron chi connectivity index (χ4n) is 3.44. The quantitative estimate of drug-likeness (QED) is 0.364. The van der Waals surface area contributed by atoms with Crippen LogP contribution in [0.1, 0.15) is 12.5 Å². The molecule has 0 aliphatic heterocycles. The molecule has 4 rings (SSSR count). The standard InChI is InChI=1S/C27H25FN4O3/c1-18-3-11-23(12-4-18)32-27(34)26(25(17-31-32)30-16-15-29-19(2)33)35-24-13-7-21(8-14-24)20-5-9-22(28)10-6-20/h3-14,17,30H,15-16H2,1-2H3,(H,29,33). The van der Waals surface area contributed by atoms with Gasteiger partial charge in [-0.25, -0.2) is 4.39 Å². The summed E-state index contributed by atoms with van der Waals surface area (Å²) in [4.78, 5) is 24.5. The van der Waals surface area contributed by atoms with Crippen LogP contribution in [-0.4, -0.2) is 28.8 Å². The molecular weight excluding hydrogens is 447 g/mol. The number of amides is 1. The molecule has 0 unspecified atom stereocenters. The SMILES string of the molecule is CC(=O)NCCNc1cnn(-c2ccc(C)cc2)c(=O)c1Oc1ccc(-c2ccc(F)cc2)cc1. The Morgan fingerprint density at radius 1 is 0.943 bits per heavy atom. The number of nitrogens with zero attached hydrogens (tertiary/aromatic N) is 2. The second kappa shape index (κ2) is 10.6. The lowest BCUT2D eigenvalue weighted by molar-refractivity contribution is -0.118. The maximum Gasteiger partial charge on any atom is 0.316 e. The molecule has 2 N–H and O–H groups in total. The number of carbonyl (C=O) groups is 1. The van der Waals surface area contributed by atoms with Crippen LogP contribution in [0.25, 0.3) is 16.8 Å². The fourth-order valence-corrected chi connectivity index (χ4v) is 3.44. The van der Waals surface area contributed by atoms with Crippen LogP contribution < -0.4 is 20.9 Å². The average Bonchev–Trinajstić information content (AvgIpc) is 2.85. The summed E-state index contributed by atoms with van der Waals surface area (Å²) in [5, 5.41) is 10.1. The van der Waals surface area contributed by atoms with Crippen LogP contribution in [0.15, 0.2) is 83.8 Å². The van der Waals surface area contributed by atoms with E-state index in [1.807, 2.05) is 43.3 Å². The molecule has 1 amide bonds. The second-order valence-corrected chi connectivity index (χ2v) is 7.98. The van der Waals surface area contributed by atoms with Crippen LogP contribution in [0, 0.1) is 12.7 Å². The molecule has 0 saturated heterocycles. The molecule has 7 nitrogen and oxygen atoms in total. The van der Waals surface area contributed by atoms with Crippen molar-refractivity contribution in [3.8, 4) is 28.3 Å². The molecule has 35 heavy (non-hydrogen) atoms. The first-order chi connectivity index (χ1) is 16.9. The van der Waals surface area contributed by atoms with Gasteiger partial charge in [0.15, 0.2) is 0 Å². The van der Waals surface area contributed by atoms with Crippen molar-refractivity contribution < 1.29 is 13.9 Å². The number of carbonyl (C=O) groups excluding carboxylic acids is 1. The van der Waals surface area contributed by atoms with Crippen molar-refractivity contribution in [2.24, 2.45) is 0 Å². The number of nitrogens with one attached hydrogen (secondary N) is 2. The van der Waals surface area contributed by atoms with E-state index in [0.29, 0.717) is 30.2 Å². The molecule has 0 atom stereocenters. The lowest BCUT2D eigenvalue weighted by atomic mass is 10.1. The van der Waals surface area contributed by atoms with E-state index in [1.54, 1.807) is 24.3 Å². The van der Waals surface area contributed by atoms with Crippen LogP contribution in [-0.2, 0) is 4.79 Å². The number of rotatable bonds is 8. The summed E-state index contributed by atoms with van der Waals surface area (Å²) >= 11 is 0. The van der Waals surface area contributed by atoms with Crippen molar-refractivity contribution in [2.45, 2.75) is 13.8 Å². The zero-order chi connectivity index (χ0) is 24.8. The molecule has 0 bridgehead atoms. The number of benzene rings is 3. The predicted octanol–water partition coefficient (Wildman–Crippen LogP) is 4.69. The summed E-state index contributed by atoms with van der Waals surface area (Å²) in [5.41, 5.74) is 3.41. The highest BCUT2D eigenvalue weighted by Gasteiger charge is 2.15. The lowest BCUT2D eigenvalue weighted by Crippen LogP contribution is -2.28. The van der Waals surface area contributed by atoms with E-state index in [2.05, 4.69) is 15.7 Å². The van der Waals surface area contributed by atoms with Crippen molar-refractivity contribution in [1.82, 2.24) is 15.1 Å². The summed E-state index contributed by atoms with van der Waals surface area (Å²) in [6.45, 7) is 4.16. The van der Waals surface area contributed by atoms with Crippen LogP contribution in [0.2, 0.25) is 0 Å². The zero-order valence-electron chi connectivity index (χ0n) is 19.4. The highest BCUT2D eigenvalue weighted by molar-refractivity contribution is 5.72. The summed E-state index contributed by atoms with van der Waals surface area (Å²) in [5.74, 6) is 0.102. The van der Waals surface area contributed by atoms with Gasteiger partial charge in [-0.3, -0.25) is 9.59 Å². The molecule has 178 valence electrons. The van der Waals surface area contributed by atoms with Crippen LogP contribution in [0.3, 0.4) is 0 Å². The van der Waals surface area contributed by atoms with Gasteiger partial charge in [0.2, 0.25) is 11.7 Å². The normalized spacial score (nSPS) is 10.6. The number of anilines is 1. The minimum absolute atomic E-state index is 0.0814. The highest BCUT2D eigenvalue weighted by Crippen LogP contribution is 2.28. The number of aromatic nitrogens is 2. The average molecular weight is 473 g/mol. The molecule has 1 heterocycles. The number of halogens is 1. The van der Waals surface area contributed by atoms with Crippen LogP contribution in [0.5, 0.6) is 11.5 Å². The van der Waals surface area contributed by atoms with Gasteiger partial charge < -0.3 is 15.4 Å². The van der Waals surface area contributed by atoms with Gasteiger partial charge in [-0.15, -0.1) is 0 Å². The van der Waals surface area contributed by atoms with Gasteiger partial charge in [0.05, 0.1) is 11.9 Å². The van der Waals surface area contributed by atoms with Gasteiger partial charge in [0.1, 0.15) is 17.3 Å². The summed E-state index contributed by atoms with van der Waals surface area (Å²) in [6, 6.07) is 20.8. The maximum absolute atomic E-state index is 13.4. The van der Waals surface area contributed by atoms with Gasteiger partial charge in [-0.1, -0.05) is 42.0 Å². The van der Waals surface area contributed by atoms with E-state index in [9.17, 15) is 14.0 Å². The van der Waals surface area contributed by atoms with Gasteiger partial charge in [0, 0.05) is 20.0 Å². The molecule has 8 heteroatoms. The Hall–Kier alpha value is -4.46. The van der Waals surface area contributed by atoms with E-state index in [4.69, 9.17) is 4.74 Å². The molecule has 4 aromatic rings. The van der Waals surface area contributed by atoms with Crippen molar-refractivity contribution in [3.05, 3.63) is 101 Å². The Bertz CT molecular complexity index is 1370. The van der Waals surface area contributed by atoms with Crippen LogP contribution >= 0.6 is 0 Å². The van der Waals surface area contributed by atoms with E-state index in [1.165, 1.54) is 29.9 Å². The molecule has 0 aliphatic rings. The van der Waals surface area contributed by atoms with Crippen molar-refractivity contribution in [3.63, 3.8) is 0 Å². The van der Waals surface area contributed by atoms with Crippen molar-refractivity contribution >= 4 is 11.6 Å². The molecule has 1 aromatic heterocycles. The number of hydrogen-bond acceptors (Lipinski definition) is 5. The number of aryl methyl sites for hydroxylation is 1. The van der Waals surface area contributed by atoms with Gasteiger partial charge >= 0.3 is 5.56 Å². The van der Waals surface area contributed by atoms with E-state index >= 15 is 0 Å². The summed E-state index contributed by atoms with van der Waals surface area (Å²) in [7, 11) is 0. The minimum Gasteiger partial charge on any atom is -0.449 e. The molecule has 0 aliphatic carbocycles. The summed E-state index contributed by atoms with van der Waals surface area (Å²) in [6.07, 6.45) is 1.53. The lowest BCUT2D eigenvalue weighted by Gasteiger charge is -2.15. The highest BCUT2D eigenvalue weighted by atomic mass is 19.1. The predicted molar refractivity (Wildman–Crippen MR) is 134 cm³/mol. The van der Waals surface area contributed by atoms with Crippen molar-refractivity contribution in [1.29, 1.82) is 0 Å². The third-order valence-corrected chi connectivity index (χ3v) is 5.28. The molecule has 0 spiro atoms. The molecule has 3 aromatic carbocycles. The van der Waals surface area contributed by atoms with E-state index in [0.717, 1.165) is 16.7 Å². The van der Waals surface area contributed by atoms with Gasteiger partial charge in [0.25, 0.3) is 0 Å². The zero-order valence-corrected chi connectivity index (χ0v) is 19.4. The third-order valence-electron chi connectivity index (χ3n) is 5.28. The fraction of sp³-hybridized carbons (Fsp3) is 0.148. The summed E-state index contributed by atoms with van der Waals surface area (Å²) < 4.78 is 20.5. The van der Waals surface area contributed by atoms with Crippen molar-refractivity contribution in [2.75, 3.05) is 18.4 Å². The van der Waals surface area contributed by atoms with Gasteiger partial charge in [-0.05, 0) is 54.4 Å². The minimum atomic E-state index is -0.430. The van der Waals surface area contributed by atoms with E-state index < -0.39 is 5.56 Å². The molecule has 0 fully saturated rings. The molecule has 0 saturated carbocycles. The topological polar surface area (TPSA) is 85.3 Å².